The van der Waals surface area contributed by atoms with Gasteiger partial charge in [-0.25, -0.2) is 0 Å². The van der Waals surface area contributed by atoms with Crippen LogP contribution in [0.25, 0.3) is 10.9 Å². The van der Waals surface area contributed by atoms with Crippen molar-refractivity contribution in [1.82, 2.24) is 4.98 Å². The highest BCUT2D eigenvalue weighted by molar-refractivity contribution is 6.33. The number of para-hydroxylation sites is 1. The second kappa shape index (κ2) is 6.49. The van der Waals surface area contributed by atoms with Crippen LogP contribution in [-0.4, -0.2) is 10.1 Å². The molecule has 0 saturated carbocycles. The molecule has 0 aliphatic carbocycles. The van der Waals surface area contributed by atoms with Crippen LogP contribution in [0.2, 0.25) is 5.02 Å². The molecule has 0 aliphatic heterocycles. The Kier molecular flexibility index (Phi) is 4.04. The van der Waals surface area contributed by atoms with Gasteiger partial charge in [0, 0.05) is 17.1 Å². The van der Waals surface area contributed by atoms with E-state index < -0.39 is 6.04 Å². The number of pyridine rings is 1. The van der Waals surface area contributed by atoms with Gasteiger partial charge in [-0.2, -0.15) is 0 Å². The summed E-state index contributed by atoms with van der Waals surface area (Å²) in [4.78, 5) is 4.30. The summed E-state index contributed by atoms with van der Waals surface area (Å²) in [5, 5.41) is 15.6. The number of halogens is 1. The summed E-state index contributed by atoms with van der Waals surface area (Å²) in [7, 11) is 0. The number of fused-ring (bicyclic) bond motifs is 1. The van der Waals surface area contributed by atoms with Gasteiger partial charge in [-0.3, -0.25) is 4.98 Å². The van der Waals surface area contributed by atoms with Gasteiger partial charge in [0.25, 0.3) is 0 Å². The van der Waals surface area contributed by atoms with E-state index in [2.05, 4.69) is 10.3 Å². The minimum atomic E-state index is -0.402. The minimum Gasteiger partial charge on any atom is -0.505 e. The Balaban J connectivity index is 1.84. The van der Waals surface area contributed by atoms with Crippen molar-refractivity contribution in [3.63, 3.8) is 0 Å². The summed E-state index contributed by atoms with van der Waals surface area (Å²) < 4.78 is 5.59. The fraction of sp³-hybridized carbons (Fsp3) is 0.0500. The second-order valence-electron chi connectivity index (χ2n) is 5.65. The maximum Gasteiger partial charge on any atom is 0.147 e. The molecule has 1 unspecified atom stereocenters. The van der Waals surface area contributed by atoms with Gasteiger partial charge in [-0.1, -0.05) is 41.9 Å². The Labute approximate surface area is 149 Å². The van der Waals surface area contributed by atoms with E-state index in [0.717, 1.165) is 11.1 Å². The van der Waals surface area contributed by atoms with Crippen molar-refractivity contribution in [3.8, 4) is 5.75 Å². The molecule has 124 valence electrons. The number of benzene rings is 2. The molecule has 4 nitrogen and oxygen atoms in total. The van der Waals surface area contributed by atoms with Gasteiger partial charge in [0.15, 0.2) is 0 Å². The Morgan fingerprint density at radius 1 is 1.00 bits per heavy atom. The smallest absolute Gasteiger partial charge is 0.147 e. The van der Waals surface area contributed by atoms with Crippen LogP contribution in [0.15, 0.2) is 77.5 Å². The standard InChI is InChI=1S/C20H15ClN2O2/c21-15-6-1-2-7-16(15)23-19(17-8-4-12-25-17)14-10-9-13-5-3-11-22-18(13)20(14)24/h1-12,19,23-24H. The predicted molar refractivity (Wildman–Crippen MR) is 99.0 cm³/mol. The van der Waals surface area contributed by atoms with Crippen molar-refractivity contribution in [3.05, 3.63) is 89.5 Å². The van der Waals surface area contributed by atoms with E-state index in [-0.39, 0.29) is 5.75 Å². The molecule has 2 aromatic carbocycles. The predicted octanol–water partition coefficient (Wildman–Crippen LogP) is 5.39. The Hall–Kier alpha value is -2.98. The van der Waals surface area contributed by atoms with Crippen LogP contribution in [0.3, 0.4) is 0 Å². The number of rotatable bonds is 4. The van der Waals surface area contributed by atoms with Gasteiger partial charge in [0.2, 0.25) is 0 Å². The molecule has 0 saturated heterocycles. The maximum absolute atomic E-state index is 10.8. The first kappa shape index (κ1) is 15.5. The zero-order valence-corrected chi connectivity index (χ0v) is 13.9. The fourth-order valence-corrected chi connectivity index (χ4v) is 3.06. The van der Waals surface area contributed by atoms with Crippen LogP contribution in [0.1, 0.15) is 17.4 Å². The number of furan rings is 1. The fourth-order valence-electron chi connectivity index (χ4n) is 2.87. The van der Waals surface area contributed by atoms with E-state index in [4.69, 9.17) is 16.0 Å². The van der Waals surface area contributed by atoms with E-state index in [1.54, 1.807) is 12.5 Å². The van der Waals surface area contributed by atoms with E-state index >= 15 is 0 Å². The molecule has 2 aromatic heterocycles. The van der Waals surface area contributed by atoms with Gasteiger partial charge in [0.1, 0.15) is 23.1 Å². The summed E-state index contributed by atoms with van der Waals surface area (Å²) in [5.74, 6) is 0.796. The average Bonchev–Trinajstić information content (AvgIpc) is 3.17. The highest BCUT2D eigenvalue weighted by Crippen LogP contribution is 2.37. The van der Waals surface area contributed by atoms with Crippen LogP contribution in [-0.2, 0) is 0 Å². The van der Waals surface area contributed by atoms with Crippen LogP contribution in [0.4, 0.5) is 5.69 Å². The Morgan fingerprint density at radius 3 is 2.68 bits per heavy atom. The molecule has 2 heterocycles. The van der Waals surface area contributed by atoms with Crippen molar-refractivity contribution in [2.75, 3.05) is 5.32 Å². The van der Waals surface area contributed by atoms with Crippen LogP contribution < -0.4 is 5.32 Å². The number of nitrogens with zero attached hydrogens (tertiary/aromatic N) is 1. The third kappa shape index (κ3) is 2.92. The lowest BCUT2D eigenvalue weighted by Crippen LogP contribution is -2.12. The first-order chi connectivity index (χ1) is 12.2. The highest BCUT2D eigenvalue weighted by atomic mass is 35.5. The summed E-state index contributed by atoms with van der Waals surface area (Å²) in [6.07, 6.45) is 3.27. The first-order valence-corrected chi connectivity index (χ1v) is 8.23. The van der Waals surface area contributed by atoms with Crippen molar-refractivity contribution >= 4 is 28.2 Å². The van der Waals surface area contributed by atoms with Gasteiger partial charge in [-0.15, -0.1) is 0 Å². The van der Waals surface area contributed by atoms with Crippen LogP contribution in [0.5, 0.6) is 5.75 Å². The highest BCUT2D eigenvalue weighted by Gasteiger charge is 2.22. The average molecular weight is 351 g/mol. The van der Waals surface area contributed by atoms with Crippen LogP contribution >= 0.6 is 11.6 Å². The number of hydrogen-bond acceptors (Lipinski definition) is 4. The Morgan fingerprint density at radius 2 is 1.88 bits per heavy atom. The molecule has 0 amide bonds. The molecule has 0 spiro atoms. The summed E-state index contributed by atoms with van der Waals surface area (Å²) in [5.41, 5.74) is 1.98. The van der Waals surface area contributed by atoms with Gasteiger partial charge < -0.3 is 14.8 Å². The molecule has 25 heavy (non-hydrogen) atoms. The molecule has 0 bridgehead atoms. The summed E-state index contributed by atoms with van der Waals surface area (Å²) in [6, 6.07) is 18.3. The maximum atomic E-state index is 10.8. The van der Waals surface area contributed by atoms with E-state index in [9.17, 15) is 5.11 Å². The second-order valence-corrected chi connectivity index (χ2v) is 6.06. The molecule has 4 rings (SSSR count). The largest absolute Gasteiger partial charge is 0.505 e. The third-order valence-electron chi connectivity index (χ3n) is 4.09. The number of phenolic OH excluding ortho intramolecular Hbond substituents is 1. The number of aromatic hydroxyl groups is 1. The number of anilines is 1. The third-order valence-corrected chi connectivity index (χ3v) is 4.42. The zero-order valence-electron chi connectivity index (χ0n) is 13.2. The molecule has 0 fully saturated rings. The molecular formula is C20H15ClN2O2. The van der Waals surface area contributed by atoms with Crippen molar-refractivity contribution in [1.29, 1.82) is 0 Å². The molecule has 5 heteroatoms. The summed E-state index contributed by atoms with van der Waals surface area (Å²) in [6.45, 7) is 0. The number of hydrogen-bond donors (Lipinski definition) is 2. The van der Waals surface area contributed by atoms with Crippen LogP contribution in [0, 0.1) is 0 Å². The van der Waals surface area contributed by atoms with Crippen molar-refractivity contribution in [2.24, 2.45) is 0 Å². The zero-order chi connectivity index (χ0) is 17.2. The van der Waals surface area contributed by atoms with Crippen molar-refractivity contribution in [2.45, 2.75) is 6.04 Å². The molecule has 1 atom stereocenters. The first-order valence-electron chi connectivity index (χ1n) is 7.85. The molecular weight excluding hydrogens is 336 g/mol. The van der Waals surface area contributed by atoms with E-state index in [1.807, 2.05) is 60.7 Å². The Bertz CT molecular complexity index is 1020. The monoisotopic (exact) mass is 350 g/mol. The van der Waals surface area contributed by atoms with Gasteiger partial charge in [0.05, 0.1) is 17.0 Å². The normalized spacial score (nSPS) is 12.2. The SMILES string of the molecule is Oc1c(C(Nc2ccccc2Cl)c2ccco2)ccc2cccnc12. The topological polar surface area (TPSA) is 58.3 Å². The summed E-state index contributed by atoms with van der Waals surface area (Å²) >= 11 is 6.28. The lowest BCUT2D eigenvalue weighted by Gasteiger charge is -2.20. The molecule has 0 aliphatic rings. The van der Waals surface area contributed by atoms with Gasteiger partial charge in [-0.05, 0) is 30.3 Å². The molecule has 0 radical (unpaired) electrons. The number of aromatic nitrogens is 1. The van der Waals surface area contributed by atoms with Crippen molar-refractivity contribution < 1.29 is 9.52 Å². The molecule has 4 aromatic rings. The van der Waals surface area contributed by atoms with Gasteiger partial charge >= 0.3 is 0 Å². The lowest BCUT2D eigenvalue weighted by molar-refractivity contribution is 0.458. The van der Waals surface area contributed by atoms with E-state index in [1.165, 1.54) is 0 Å². The lowest BCUT2D eigenvalue weighted by atomic mass is 10.0. The number of phenols is 1. The minimum absolute atomic E-state index is 0.124. The van der Waals surface area contributed by atoms with E-state index in [0.29, 0.717) is 21.9 Å². The number of nitrogens with one attached hydrogen (secondary N) is 1. The quantitative estimate of drug-likeness (QED) is 0.518. The molecule has 2 N–H and O–H groups in total.